The van der Waals surface area contributed by atoms with Crippen molar-refractivity contribution in [3.05, 3.63) is 53.8 Å². The maximum Gasteiger partial charge on any atom is 0.338 e. The van der Waals surface area contributed by atoms with Gasteiger partial charge < -0.3 is 15.0 Å². The molecule has 29 heavy (non-hydrogen) atoms. The number of thioether (sulfide) groups is 1. The Morgan fingerprint density at radius 1 is 1.21 bits per heavy atom. The summed E-state index contributed by atoms with van der Waals surface area (Å²) in [6.45, 7) is -0.202. The minimum Gasteiger partial charge on any atom is -0.452 e. The fourth-order valence-electron chi connectivity index (χ4n) is 2.80. The van der Waals surface area contributed by atoms with Crippen molar-refractivity contribution in [3.63, 3.8) is 0 Å². The smallest absolute Gasteiger partial charge is 0.338 e. The molecule has 0 aromatic heterocycles. The van der Waals surface area contributed by atoms with Gasteiger partial charge in [-0.15, -0.1) is 4.40 Å². The number of benzene rings is 2. The Hall–Kier alpha value is -2.92. The third-order valence-electron chi connectivity index (χ3n) is 4.17. The number of carbonyl (C=O) groups excluding carboxylic acids is 2. The van der Waals surface area contributed by atoms with Gasteiger partial charge in [-0.1, -0.05) is 0 Å². The lowest BCUT2D eigenvalue weighted by Gasteiger charge is -2.22. The zero-order chi connectivity index (χ0) is 20.6. The van der Waals surface area contributed by atoms with Gasteiger partial charge in [0.15, 0.2) is 11.8 Å². The maximum atomic E-state index is 12.9. The number of nitrogens with one attached hydrogen (secondary N) is 1. The van der Waals surface area contributed by atoms with Crippen molar-refractivity contribution in [2.75, 3.05) is 29.1 Å². The van der Waals surface area contributed by atoms with Crippen LogP contribution in [0, 0.1) is 5.82 Å². The summed E-state index contributed by atoms with van der Waals surface area (Å²) < 4.78 is 45.0. The Kier molecular flexibility index (Phi) is 5.01. The van der Waals surface area contributed by atoms with Gasteiger partial charge in [0.25, 0.3) is 15.9 Å². The lowest BCUT2D eigenvalue weighted by Crippen LogP contribution is -2.35. The number of hydrogen-bond acceptors (Lipinski definition) is 7. The second-order valence-electron chi connectivity index (χ2n) is 6.23. The molecule has 2 aromatic carbocycles. The molecule has 2 aliphatic rings. The normalized spacial score (nSPS) is 16.4. The molecule has 0 unspecified atom stereocenters. The molecule has 0 saturated heterocycles. The molecule has 1 N–H and O–H groups in total. The Labute approximate surface area is 169 Å². The highest BCUT2D eigenvalue weighted by molar-refractivity contribution is 8.15. The van der Waals surface area contributed by atoms with Crippen molar-refractivity contribution in [3.8, 4) is 0 Å². The van der Waals surface area contributed by atoms with E-state index in [9.17, 15) is 22.4 Å². The topological polar surface area (TPSA) is 105 Å². The summed E-state index contributed by atoms with van der Waals surface area (Å²) in [5, 5.41) is 2.85. The average molecular weight is 435 g/mol. The predicted octanol–water partition coefficient (Wildman–Crippen LogP) is 2.23. The molecule has 0 spiro atoms. The number of halogens is 1. The lowest BCUT2D eigenvalue weighted by molar-refractivity contribution is -0.119. The van der Waals surface area contributed by atoms with Crippen LogP contribution in [0.4, 0.5) is 15.8 Å². The number of amidine groups is 1. The van der Waals surface area contributed by atoms with E-state index < -0.39 is 34.3 Å². The summed E-state index contributed by atoms with van der Waals surface area (Å²) in [6, 6.07) is 10.0. The van der Waals surface area contributed by atoms with E-state index in [1.807, 2.05) is 0 Å². The summed E-state index contributed by atoms with van der Waals surface area (Å²) in [6.07, 6.45) is 0. The third-order valence-corrected chi connectivity index (χ3v) is 6.48. The Morgan fingerprint density at radius 2 is 1.97 bits per heavy atom. The zero-order valence-corrected chi connectivity index (χ0v) is 16.4. The number of rotatable bonds is 4. The summed E-state index contributed by atoms with van der Waals surface area (Å²) in [5.74, 6) is -1.74. The first-order valence-corrected chi connectivity index (χ1v) is 10.9. The third kappa shape index (κ3) is 4.25. The highest BCUT2D eigenvalue weighted by Gasteiger charge is 2.33. The monoisotopic (exact) mass is 435 g/mol. The maximum absolute atomic E-state index is 12.9. The molecule has 0 saturated carbocycles. The molecule has 2 aliphatic heterocycles. The molecular formula is C18H14FN3O5S2. The van der Waals surface area contributed by atoms with Crippen molar-refractivity contribution < 1.29 is 27.1 Å². The minimum absolute atomic E-state index is 0.0660. The molecule has 11 heteroatoms. The molecule has 150 valence electrons. The van der Waals surface area contributed by atoms with E-state index in [0.29, 0.717) is 22.3 Å². The van der Waals surface area contributed by atoms with Crippen LogP contribution < -0.4 is 10.2 Å². The zero-order valence-electron chi connectivity index (χ0n) is 14.8. The molecule has 2 aromatic rings. The van der Waals surface area contributed by atoms with Crippen molar-refractivity contribution in [1.82, 2.24) is 0 Å². The first kappa shape index (κ1) is 19.4. The SMILES string of the molecule is O=C(COC(=O)c1ccc2c(c1)SC1=NS(=O)(=O)CCN12)Nc1ccc(F)cc1. The van der Waals surface area contributed by atoms with Crippen LogP contribution in [-0.4, -0.2) is 44.4 Å². The second kappa shape index (κ2) is 7.48. The predicted molar refractivity (Wildman–Crippen MR) is 106 cm³/mol. The van der Waals surface area contributed by atoms with E-state index in [0.717, 1.165) is 17.4 Å². The lowest BCUT2D eigenvalue weighted by atomic mass is 10.2. The van der Waals surface area contributed by atoms with Crippen molar-refractivity contribution in [1.29, 1.82) is 0 Å². The molecule has 0 atom stereocenters. The van der Waals surface area contributed by atoms with Crippen LogP contribution in [0.1, 0.15) is 10.4 Å². The summed E-state index contributed by atoms with van der Waals surface area (Å²) in [4.78, 5) is 26.6. The van der Waals surface area contributed by atoms with Gasteiger partial charge in [-0.2, -0.15) is 0 Å². The number of ether oxygens (including phenoxy) is 1. The molecule has 8 nitrogen and oxygen atoms in total. The number of carbonyl (C=O) groups is 2. The number of amides is 1. The summed E-state index contributed by atoms with van der Waals surface area (Å²) in [5.41, 5.74) is 1.39. The van der Waals surface area contributed by atoms with E-state index in [1.165, 1.54) is 24.3 Å². The molecule has 0 aliphatic carbocycles. The van der Waals surface area contributed by atoms with E-state index in [1.54, 1.807) is 23.1 Å². The van der Waals surface area contributed by atoms with Gasteiger partial charge in [-0.3, -0.25) is 4.79 Å². The average Bonchev–Trinajstić information content (AvgIpc) is 3.03. The van der Waals surface area contributed by atoms with Crippen LogP contribution in [0.2, 0.25) is 0 Å². The van der Waals surface area contributed by atoms with Crippen LogP contribution in [0.3, 0.4) is 0 Å². The fourth-order valence-corrected chi connectivity index (χ4v) is 5.10. The van der Waals surface area contributed by atoms with E-state index in [-0.39, 0.29) is 11.3 Å². The van der Waals surface area contributed by atoms with Crippen LogP contribution in [0.5, 0.6) is 0 Å². The molecule has 2 heterocycles. The Bertz CT molecular complexity index is 1130. The first-order valence-electron chi connectivity index (χ1n) is 8.45. The minimum atomic E-state index is -3.46. The van der Waals surface area contributed by atoms with E-state index >= 15 is 0 Å². The molecular weight excluding hydrogens is 421 g/mol. The van der Waals surface area contributed by atoms with Gasteiger partial charge in [-0.25, -0.2) is 17.6 Å². The molecule has 1 amide bonds. The Balaban J connectivity index is 1.39. The molecule has 0 fully saturated rings. The van der Waals surface area contributed by atoms with Crippen LogP contribution >= 0.6 is 11.8 Å². The number of nitrogens with zero attached hydrogens (tertiary/aromatic N) is 2. The van der Waals surface area contributed by atoms with Gasteiger partial charge in [0.1, 0.15) is 5.82 Å². The quantitative estimate of drug-likeness (QED) is 0.734. The van der Waals surface area contributed by atoms with Gasteiger partial charge in [0.05, 0.1) is 17.0 Å². The van der Waals surface area contributed by atoms with Gasteiger partial charge in [0.2, 0.25) is 0 Å². The van der Waals surface area contributed by atoms with Gasteiger partial charge in [-0.05, 0) is 54.2 Å². The Morgan fingerprint density at radius 3 is 2.72 bits per heavy atom. The van der Waals surface area contributed by atoms with E-state index in [4.69, 9.17) is 4.74 Å². The number of hydrogen-bond donors (Lipinski definition) is 1. The largest absolute Gasteiger partial charge is 0.452 e. The number of fused-ring (bicyclic) bond motifs is 3. The van der Waals surface area contributed by atoms with Crippen LogP contribution in [0.25, 0.3) is 0 Å². The van der Waals surface area contributed by atoms with Crippen molar-refractivity contribution >= 4 is 50.2 Å². The molecule has 0 bridgehead atoms. The van der Waals surface area contributed by atoms with Crippen LogP contribution in [-0.2, 0) is 19.6 Å². The number of sulfonamides is 1. The van der Waals surface area contributed by atoms with Crippen LogP contribution in [0.15, 0.2) is 51.8 Å². The van der Waals surface area contributed by atoms with Gasteiger partial charge >= 0.3 is 5.97 Å². The highest BCUT2D eigenvalue weighted by Crippen LogP contribution is 2.42. The van der Waals surface area contributed by atoms with Gasteiger partial charge in [0, 0.05) is 17.1 Å². The number of esters is 1. The molecule has 0 radical (unpaired) electrons. The standard InChI is InChI=1S/C18H14FN3O5S2/c19-12-2-4-13(5-3-12)20-16(23)10-27-17(24)11-1-6-14-15(9-11)28-18-21-29(25,26)8-7-22(14)18/h1-6,9H,7-8,10H2,(H,20,23). The summed E-state index contributed by atoms with van der Waals surface area (Å²) in [7, 11) is -3.46. The number of anilines is 2. The highest BCUT2D eigenvalue weighted by atomic mass is 32.2. The second-order valence-corrected chi connectivity index (χ2v) is 8.99. The first-order chi connectivity index (χ1) is 13.8. The van der Waals surface area contributed by atoms with Crippen molar-refractivity contribution in [2.24, 2.45) is 4.40 Å². The summed E-state index contributed by atoms with van der Waals surface area (Å²) >= 11 is 1.16. The van der Waals surface area contributed by atoms with E-state index in [2.05, 4.69) is 9.71 Å². The fraction of sp³-hybridized carbons (Fsp3) is 0.167. The van der Waals surface area contributed by atoms with Crippen molar-refractivity contribution in [2.45, 2.75) is 4.90 Å². The molecule has 4 rings (SSSR count).